The van der Waals surface area contributed by atoms with Crippen LogP contribution in [0.15, 0.2) is 46.2 Å². The molecule has 0 aliphatic carbocycles. The van der Waals surface area contributed by atoms with Crippen LogP contribution >= 0.6 is 11.3 Å². The van der Waals surface area contributed by atoms with Crippen molar-refractivity contribution in [3.8, 4) is 0 Å². The quantitative estimate of drug-likeness (QED) is 0.762. The zero-order valence-electron chi connectivity index (χ0n) is 11.1. The minimum absolute atomic E-state index is 0.207. The van der Waals surface area contributed by atoms with Gasteiger partial charge in [-0.05, 0) is 24.6 Å². The lowest BCUT2D eigenvalue weighted by atomic mass is 10.0. The van der Waals surface area contributed by atoms with Crippen molar-refractivity contribution < 1.29 is 4.42 Å². The molecule has 98 valence electrons. The third-order valence-electron chi connectivity index (χ3n) is 3.44. The Morgan fingerprint density at radius 1 is 1.21 bits per heavy atom. The predicted molar refractivity (Wildman–Crippen MR) is 80.8 cm³/mol. The average Bonchev–Trinajstić information content (AvgIpc) is 3.08. The number of nitrogens with one attached hydrogen (secondary N) is 1. The molecule has 2 nitrogen and oxygen atoms in total. The summed E-state index contributed by atoms with van der Waals surface area (Å²) in [6, 6.07) is 12.8. The molecule has 0 bridgehead atoms. The standard InChI is InChI=1S/C16H17NOS/c1-3-12-15(11-7-4-5-8-13(11)18-12)16(17-2)14-9-6-10-19-14/h4-10,16-17H,3H2,1-2H3. The van der Waals surface area contributed by atoms with Gasteiger partial charge in [0.25, 0.3) is 0 Å². The molecular weight excluding hydrogens is 254 g/mol. The van der Waals surface area contributed by atoms with E-state index in [0.29, 0.717) is 0 Å². The fourth-order valence-corrected chi connectivity index (χ4v) is 3.42. The van der Waals surface area contributed by atoms with E-state index in [1.807, 2.05) is 19.2 Å². The highest BCUT2D eigenvalue weighted by atomic mass is 32.1. The molecule has 0 amide bonds. The molecule has 0 aliphatic rings. The Balaban J connectivity index is 2.22. The van der Waals surface area contributed by atoms with E-state index in [-0.39, 0.29) is 6.04 Å². The normalized spacial score (nSPS) is 12.9. The third-order valence-corrected chi connectivity index (χ3v) is 4.37. The summed E-state index contributed by atoms with van der Waals surface area (Å²) in [5, 5.41) is 6.76. The molecule has 0 radical (unpaired) electrons. The van der Waals surface area contributed by atoms with Gasteiger partial charge in [0.2, 0.25) is 0 Å². The maximum Gasteiger partial charge on any atom is 0.134 e. The van der Waals surface area contributed by atoms with Crippen molar-refractivity contribution >= 4 is 22.3 Å². The average molecular weight is 271 g/mol. The van der Waals surface area contributed by atoms with E-state index in [4.69, 9.17) is 4.42 Å². The smallest absolute Gasteiger partial charge is 0.134 e. The van der Waals surface area contributed by atoms with Crippen molar-refractivity contribution in [2.75, 3.05) is 7.05 Å². The molecule has 0 saturated heterocycles. The fraction of sp³-hybridized carbons (Fsp3) is 0.250. The second-order valence-electron chi connectivity index (χ2n) is 4.53. The number of hydrogen-bond donors (Lipinski definition) is 1. The van der Waals surface area contributed by atoms with Gasteiger partial charge in [-0.15, -0.1) is 11.3 Å². The predicted octanol–water partition coefficient (Wildman–Crippen LogP) is 4.37. The monoisotopic (exact) mass is 271 g/mol. The van der Waals surface area contributed by atoms with Crippen molar-refractivity contribution in [1.82, 2.24) is 5.32 Å². The Labute approximate surface area is 117 Å². The van der Waals surface area contributed by atoms with Gasteiger partial charge in [-0.25, -0.2) is 0 Å². The van der Waals surface area contributed by atoms with Gasteiger partial charge >= 0.3 is 0 Å². The molecule has 3 heteroatoms. The summed E-state index contributed by atoms with van der Waals surface area (Å²) >= 11 is 1.78. The highest BCUT2D eigenvalue weighted by molar-refractivity contribution is 7.10. The summed E-state index contributed by atoms with van der Waals surface area (Å²) in [5.74, 6) is 1.08. The second kappa shape index (κ2) is 5.19. The number of furan rings is 1. The van der Waals surface area contributed by atoms with Crippen LogP contribution in [0.1, 0.15) is 29.2 Å². The number of fused-ring (bicyclic) bond motifs is 1. The molecular formula is C16H17NOS. The van der Waals surface area contributed by atoms with Crippen LogP contribution < -0.4 is 5.32 Å². The molecule has 1 N–H and O–H groups in total. The molecule has 1 unspecified atom stereocenters. The first kappa shape index (κ1) is 12.5. The molecule has 3 aromatic rings. The molecule has 19 heavy (non-hydrogen) atoms. The number of aryl methyl sites for hydroxylation is 1. The van der Waals surface area contributed by atoms with Crippen LogP contribution in [-0.4, -0.2) is 7.05 Å². The van der Waals surface area contributed by atoms with Gasteiger partial charge in [-0.3, -0.25) is 0 Å². The number of thiophene rings is 1. The van der Waals surface area contributed by atoms with Gasteiger partial charge in [0, 0.05) is 22.2 Å². The first-order chi connectivity index (χ1) is 9.35. The molecule has 0 aliphatic heterocycles. The molecule has 0 saturated carbocycles. The van der Waals surface area contributed by atoms with Gasteiger partial charge in [0.1, 0.15) is 11.3 Å². The van der Waals surface area contributed by atoms with E-state index >= 15 is 0 Å². The number of para-hydroxylation sites is 1. The Bertz CT molecular complexity index is 669. The Hall–Kier alpha value is -1.58. The zero-order valence-corrected chi connectivity index (χ0v) is 12.0. The summed E-state index contributed by atoms with van der Waals surface area (Å²) in [6.45, 7) is 2.14. The van der Waals surface area contributed by atoms with Crippen LogP contribution in [-0.2, 0) is 6.42 Å². The van der Waals surface area contributed by atoms with Crippen molar-refractivity contribution in [1.29, 1.82) is 0 Å². The first-order valence-corrected chi connectivity index (χ1v) is 7.44. The van der Waals surface area contributed by atoms with E-state index in [1.54, 1.807) is 11.3 Å². The van der Waals surface area contributed by atoms with E-state index in [2.05, 4.69) is 41.9 Å². The fourth-order valence-electron chi connectivity index (χ4n) is 2.58. The number of rotatable bonds is 4. The van der Waals surface area contributed by atoms with Gasteiger partial charge in [0.05, 0.1) is 6.04 Å². The van der Waals surface area contributed by atoms with Crippen molar-refractivity contribution in [2.45, 2.75) is 19.4 Å². The van der Waals surface area contributed by atoms with Gasteiger partial charge in [-0.1, -0.05) is 31.2 Å². The summed E-state index contributed by atoms with van der Waals surface area (Å²) < 4.78 is 5.99. The molecule has 1 aromatic carbocycles. The van der Waals surface area contributed by atoms with Crippen molar-refractivity contribution in [2.24, 2.45) is 0 Å². The molecule has 3 rings (SSSR count). The summed E-state index contributed by atoms with van der Waals surface area (Å²) in [7, 11) is 2.01. The van der Waals surface area contributed by atoms with Crippen LogP contribution in [0.4, 0.5) is 0 Å². The van der Waals surface area contributed by atoms with Crippen molar-refractivity contribution in [3.05, 3.63) is 58.0 Å². The number of hydrogen-bond acceptors (Lipinski definition) is 3. The Morgan fingerprint density at radius 2 is 2.05 bits per heavy atom. The van der Waals surface area contributed by atoms with Crippen LogP contribution in [0.25, 0.3) is 11.0 Å². The minimum Gasteiger partial charge on any atom is -0.461 e. The zero-order chi connectivity index (χ0) is 13.2. The summed E-state index contributed by atoms with van der Waals surface area (Å²) in [5.41, 5.74) is 2.26. The number of benzene rings is 1. The minimum atomic E-state index is 0.207. The summed E-state index contributed by atoms with van der Waals surface area (Å²) in [6.07, 6.45) is 0.910. The third kappa shape index (κ3) is 2.09. The van der Waals surface area contributed by atoms with Crippen LogP contribution in [0.2, 0.25) is 0 Å². The highest BCUT2D eigenvalue weighted by Gasteiger charge is 2.22. The molecule has 0 spiro atoms. The van der Waals surface area contributed by atoms with Crippen LogP contribution in [0, 0.1) is 0 Å². The van der Waals surface area contributed by atoms with Gasteiger partial charge in [0.15, 0.2) is 0 Å². The van der Waals surface area contributed by atoms with Gasteiger partial charge < -0.3 is 9.73 Å². The van der Waals surface area contributed by atoms with E-state index < -0.39 is 0 Å². The maximum atomic E-state index is 5.99. The Kier molecular flexibility index (Phi) is 3.40. The molecule has 2 heterocycles. The SMILES string of the molecule is CCc1oc2ccccc2c1C(NC)c1cccs1. The van der Waals surface area contributed by atoms with E-state index in [9.17, 15) is 0 Å². The summed E-state index contributed by atoms with van der Waals surface area (Å²) in [4.78, 5) is 1.32. The molecule has 1 atom stereocenters. The highest BCUT2D eigenvalue weighted by Crippen LogP contribution is 2.35. The first-order valence-electron chi connectivity index (χ1n) is 6.56. The largest absolute Gasteiger partial charge is 0.461 e. The molecule has 2 aromatic heterocycles. The van der Waals surface area contributed by atoms with Crippen LogP contribution in [0.3, 0.4) is 0 Å². The molecule has 0 fully saturated rings. The maximum absolute atomic E-state index is 5.99. The second-order valence-corrected chi connectivity index (χ2v) is 5.51. The lowest BCUT2D eigenvalue weighted by molar-refractivity contribution is 0.540. The van der Waals surface area contributed by atoms with Crippen molar-refractivity contribution in [3.63, 3.8) is 0 Å². The van der Waals surface area contributed by atoms with Crippen LogP contribution in [0.5, 0.6) is 0 Å². The lowest BCUT2D eigenvalue weighted by Gasteiger charge is -2.15. The van der Waals surface area contributed by atoms with E-state index in [0.717, 1.165) is 17.8 Å². The van der Waals surface area contributed by atoms with E-state index in [1.165, 1.54) is 15.8 Å². The van der Waals surface area contributed by atoms with Gasteiger partial charge in [-0.2, -0.15) is 0 Å². The lowest BCUT2D eigenvalue weighted by Crippen LogP contribution is -2.17. The topological polar surface area (TPSA) is 25.2 Å². The Morgan fingerprint density at radius 3 is 2.74 bits per heavy atom.